The summed E-state index contributed by atoms with van der Waals surface area (Å²) in [6.45, 7) is 1.77. The number of amides is 1. The summed E-state index contributed by atoms with van der Waals surface area (Å²) in [5, 5.41) is 3.46. The third-order valence-corrected chi connectivity index (χ3v) is 3.79. The van der Waals surface area contributed by atoms with Crippen LogP contribution in [0.15, 0.2) is 12.1 Å². The van der Waals surface area contributed by atoms with Gasteiger partial charge in [-0.2, -0.15) is 0 Å². The predicted molar refractivity (Wildman–Crippen MR) is 75.9 cm³/mol. The Morgan fingerprint density at radius 2 is 2.06 bits per heavy atom. The second kappa shape index (κ2) is 4.91. The van der Waals surface area contributed by atoms with Gasteiger partial charge >= 0.3 is 0 Å². The van der Waals surface area contributed by atoms with E-state index in [1.165, 1.54) is 0 Å². The smallest absolute Gasteiger partial charge is 0.242 e. The summed E-state index contributed by atoms with van der Waals surface area (Å²) in [5.74, 6) is -0.127. The Balaban J connectivity index is 2.71. The summed E-state index contributed by atoms with van der Waals surface area (Å²) < 4.78 is 2.17. The Bertz CT molecular complexity index is 677. The van der Waals surface area contributed by atoms with E-state index >= 15 is 0 Å². The molecule has 0 bridgehead atoms. The number of aromatic amines is 1. The molecule has 1 heterocycles. The molecule has 1 unspecified atom stereocenters. The molecule has 96 valence electrons. The van der Waals surface area contributed by atoms with Gasteiger partial charge in [0.05, 0.1) is 21.1 Å². The number of hydrogen-bond acceptors (Lipinski definition) is 2. The number of H-pyrrole nitrogens is 1. The molecular weight excluding hydrogens is 293 g/mol. The van der Waals surface area contributed by atoms with E-state index in [2.05, 4.69) is 10.3 Å². The van der Waals surface area contributed by atoms with Gasteiger partial charge in [0.2, 0.25) is 5.91 Å². The van der Waals surface area contributed by atoms with Crippen LogP contribution in [0.5, 0.6) is 0 Å². The normalized spacial score (nSPS) is 12.7. The molecule has 0 aliphatic heterocycles. The number of imidazole rings is 1. The predicted octanol–water partition coefficient (Wildman–Crippen LogP) is 3.31. The monoisotopic (exact) mass is 303 g/mol. The molecule has 0 saturated carbocycles. The standard InChI is InChI=1S/C11H11Cl2N3OS/c1-5(10(17)14-2)16-9-4-7(13)6(12)3-8(9)15-11(16)18/h3-5H,1-2H3,(H,14,17)(H,15,18). The number of nitrogens with zero attached hydrogens (tertiary/aromatic N) is 1. The Labute approximate surface area is 119 Å². The minimum atomic E-state index is -0.423. The van der Waals surface area contributed by atoms with Gasteiger partial charge < -0.3 is 14.9 Å². The number of hydrogen-bond donors (Lipinski definition) is 2. The van der Waals surface area contributed by atoms with Crippen LogP contribution < -0.4 is 5.32 Å². The van der Waals surface area contributed by atoms with Crippen molar-refractivity contribution in [1.82, 2.24) is 14.9 Å². The number of fused-ring (bicyclic) bond motifs is 1. The molecule has 0 fully saturated rings. The number of carbonyl (C=O) groups excluding carboxylic acids is 1. The lowest BCUT2D eigenvalue weighted by Gasteiger charge is -2.13. The van der Waals surface area contributed by atoms with Gasteiger partial charge in [-0.05, 0) is 31.3 Å². The zero-order valence-electron chi connectivity index (χ0n) is 9.75. The molecule has 1 atom stereocenters. The summed E-state index contributed by atoms with van der Waals surface area (Å²) in [7, 11) is 1.58. The fraction of sp³-hybridized carbons (Fsp3) is 0.273. The maximum Gasteiger partial charge on any atom is 0.242 e. The van der Waals surface area contributed by atoms with Gasteiger partial charge in [-0.1, -0.05) is 23.2 Å². The third-order valence-electron chi connectivity index (χ3n) is 2.77. The van der Waals surface area contributed by atoms with Crippen LogP contribution in [0.2, 0.25) is 10.0 Å². The van der Waals surface area contributed by atoms with Crippen LogP contribution in [-0.2, 0) is 4.79 Å². The maximum absolute atomic E-state index is 11.7. The maximum atomic E-state index is 11.7. The Morgan fingerprint density at radius 3 is 2.67 bits per heavy atom. The van der Waals surface area contributed by atoms with Crippen molar-refractivity contribution in [3.8, 4) is 0 Å². The van der Waals surface area contributed by atoms with E-state index in [9.17, 15) is 4.79 Å². The van der Waals surface area contributed by atoms with Gasteiger partial charge in [0, 0.05) is 7.05 Å². The minimum absolute atomic E-state index is 0.127. The Kier molecular flexibility index (Phi) is 3.66. The number of nitrogens with one attached hydrogen (secondary N) is 2. The summed E-state index contributed by atoms with van der Waals surface area (Å²) in [6.07, 6.45) is 0. The lowest BCUT2D eigenvalue weighted by molar-refractivity contribution is -0.123. The summed E-state index contributed by atoms with van der Waals surface area (Å²) in [6, 6.07) is 2.97. The quantitative estimate of drug-likeness (QED) is 0.836. The second-order valence-electron chi connectivity index (χ2n) is 3.87. The first-order valence-corrected chi connectivity index (χ1v) is 6.43. The highest BCUT2D eigenvalue weighted by molar-refractivity contribution is 7.71. The van der Waals surface area contributed by atoms with Crippen LogP contribution in [0, 0.1) is 4.77 Å². The van der Waals surface area contributed by atoms with Crippen LogP contribution in [0.4, 0.5) is 0 Å². The van der Waals surface area contributed by atoms with E-state index in [0.29, 0.717) is 14.8 Å². The first-order valence-electron chi connectivity index (χ1n) is 5.26. The molecule has 2 N–H and O–H groups in total. The molecule has 0 aliphatic carbocycles. The third kappa shape index (κ3) is 2.13. The largest absolute Gasteiger partial charge is 0.357 e. The van der Waals surface area contributed by atoms with E-state index < -0.39 is 6.04 Å². The molecule has 0 aliphatic rings. The summed E-state index contributed by atoms with van der Waals surface area (Å²) >= 11 is 17.2. The van der Waals surface area contributed by atoms with E-state index in [1.807, 2.05) is 0 Å². The van der Waals surface area contributed by atoms with Crippen molar-refractivity contribution in [2.24, 2.45) is 0 Å². The highest BCUT2D eigenvalue weighted by Gasteiger charge is 2.18. The lowest BCUT2D eigenvalue weighted by Crippen LogP contribution is -2.27. The molecule has 2 aromatic rings. The van der Waals surface area contributed by atoms with Gasteiger partial charge in [-0.3, -0.25) is 4.79 Å². The van der Waals surface area contributed by atoms with Gasteiger partial charge in [0.25, 0.3) is 0 Å². The molecule has 18 heavy (non-hydrogen) atoms. The Hall–Kier alpha value is -1.04. The van der Waals surface area contributed by atoms with Crippen LogP contribution in [-0.4, -0.2) is 22.5 Å². The molecule has 1 aromatic carbocycles. The summed E-state index contributed by atoms with van der Waals surface area (Å²) in [5.41, 5.74) is 1.51. The zero-order chi connectivity index (χ0) is 13.4. The molecule has 0 radical (unpaired) electrons. The molecule has 0 spiro atoms. The van der Waals surface area contributed by atoms with Crippen molar-refractivity contribution in [3.05, 3.63) is 26.9 Å². The minimum Gasteiger partial charge on any atom is -0.357 e. The van der Waals surface area contributed by atoms with Crippen molar-refractivity contribution in [2.45, 2.75) is 13.0 Å². The van der Waals surface area contributed by atoms with E-state index in [4.69, 9.17) is 35.4 Å². The van der Waals surface area contributed by atoms with E-state index in [1.54, 1.807) is 30.7 Å². The van der Waals surface area contributed by atoms with Crippen LogP contribution in [0.25, 0.3) is 11.0 Å². The Morgan fingerprint density at radius 1 is 1.44 bits per heavy atom. The SMILES string of the molecule is CNC(=O)C(C)n1c(=S)[nH]c2cc(Cl)c(Cl)cc21. The fourth-order valence-electron chi connectivity index (χ4n) is 1.83. The first kappa shape index (κ1) is 13.4. The fourth-order valence-corrected chi connectivity index (χ4v) is 2.52. The highest BCUT2D eigenvalue weighted by atomic mass is 35.5. The average Bonchev–Trinajstić information content (AvgIpc) is 2.63. The topological polar surface area (TPSA) is 49.8 Å². The van der Waals surface area contributed by atoms with Crippen molar-refractivity contribution in [2.75, 3.05) is 7.05 Å². The number of halogens is 2. The molecule has 0 saturated heterocycles. The second-order valence-corrected chi connectivity index (χ2v) is 5.07. The molecule has 7 heteroatoms. The van der Waals surface area contributed by atoms with Gasteiger partial charge in [-0.15, -0.1) is 0 Å². The lowest BCUT2D eigenvalue weighted by atomic mass is 10.2. The number of rotatable bonds is 2. The number of aromatic nitrogens is 2. The zero-order valence-corrected chi connectivity index (χ0v) is 12.1. The number of likely N-dealkylation sites (N-methyl/N-ethyl adjacent to an activating group) is 1. The van der Waals surface area contributed by atoms with E-state index in [0.717, 1.165) is 11.0 Å². The molecule has 1 aromatic heterocycles. The van der Waals surface area contributed by atoms with Crippen molar-refractivity contribution in [1.29, 1.82) is 0 Å². The van der Waals surface area contributed by atoms with Crippen molar-refractivity contribution >= 4 is 52.4 Å². The van der Waals surface area contributed by atoms with Gasteiger partial charge in [-0.25, -0.2) is 0 Å². The number of carbonyl (C=O) groups is 1. The highest BCUT2D eigenvalue weighted by Crippen LogP contribution is 2.29. The van der Waals surface area contributed by atoms with Gasteiger partial charge in [0.15, 0.2) is 4.77 Å². The van der Waals surface area contributed by atoms with Crippen LogP contribution in [0.1, 0.15) is 13.0 Å². The van der Waals surface area contributed by atoms with Crippen LogP contribution >= 0.6 is 35.4 Å². The van der Waals surface area contributed by atoms with Crippen molar-refractivity contribution in [3.63, 3.8) is 0 Å². The molecule has 1 amide bonds. The summed E-state index contributed by atoms with van der Waals surface area (Å²) in [4.78, 5) is 14.7. The van der Waals surface area contributed by atoms with Gasteiger partial charge in [0.1, 0.15) is 6.04 Å². The average molecular weight is 304 g/mol. The molecule has 4 nitrogen and oxygen atoms in total. The van der Waals surface area contributed by atoms with Crippen LogP contribution in [0.3, 0.4) is 0 Å². The molecule has 2 rings (SSSR count). The van der Waals surface area contributed by atoms with Crippen molar-refractivity contribution < 1.29 is 4.79 Å². The first-order chi connectivity index (χ1) is 8.45. The number of benzene rings is 1. The van der Waals surface area contributed by atoms with E-state index in [-0.39, 0.29) is 5.91 Å². The molecular formula is C11H11Cl2N3OS.